The van der Waals surface area contributed by atoms with Crippen molar-refractivity contribution < 1.29 is 19.8 Å². The van der Waals surface area contributed by atoms with Crippen LogP contribution in [0.5, 0.6) is 0 Å². The van der Waals surface area contributed by atoms with E-state index in [9.17, 15) is 9.59 Å². The first-order chi connectivity index (χ1) is 8.83. The lowest BCUT2D eigenvalue weighted by Gasteiger charge is -2.24. The number of hydrogen-bond acceptors (Lipinski definition) is 5. The number of carbonyl (C=O) groups excluding carboxylic acids is 1. The zero-order valence-electron chi connectivity index (χ0n) is 10.7. The zero-order valence-corrected chi connectivity index (χ0v) is 11.5. The third kappa shape index (κ3) is 4.84. The largest absolute Gasteiger partial charge is 0.479 e. The molecule has 0 aliphatic carbocycles. The molecule has 106 valence electrons. The highest BCUT2D eigenvalue weighted by molar-refractivity contribution is 7.09. The van der Waals surface area contributed by atoms with Crippen molar-refractivity contribution in [2.24, 2.45) is 0 Å². The molecule has 1 unspecified atom stereocenters. The zero-order chi connectivity index (χ0) is 14.5. The second-order valence-corrected chi connectivity index (χ2v) is 5.38. The molecule has 0 aromatic carbocycles. The van der Waals surface area contributed by atoms with Crippen LogP contribution in [0.1, 0.15) is 25.3 Å². The van der Waals surface area contributed by atoms with Crippen LogP contribution in [0, 0.1) is 0 Å². The molecule has 7 nitrogen and oxygen atoms in total. The highest BCUT2D eigenvalue weighted by Crippen LogP contribution is 2.21. The van der Waals surface area contributed by atoms with Gasteiger partial charge >= 0.3 is 12.0 Å². The number of rotatable bonds is 6. The number of nitrogens with one attached hydrogen (secondary N) is 2. The summed E-state index contributed by atoms with van der Waals surface area (Å²) in [5.41, 5.74) is -0.607. The van der Waals surface area contributed by atoms with Gasteiger partial charge in [0.2, 0.25) is 0 Å². The van der Waals surface area contributed by atoms with Gasteiger partial charge in [-0.1, -0.05) is 0 Å². The summed E-state index contributed by atoms with van der Waals surface area (Å²) in [5, 5.41) is 25.3. The summed E-state index contributed by atoms with van der Waals surface area (Å²) < 4.78 is 0. The number of nitrogens with zero attached hydrogens (tertiary/aromatic N) is 1. The lowest BCUT2D eigenvalue weighted by atomic mass is 10.1. The second kappa shape index (κ2) is 6.48. The summed E-state index contributed by atoms with van der Waals surface area (Å²) in [7, 11) is 0. The molecule has 4 N–H and O–H groups in total. The SMILES string of the molecule is CC(C)(NC(=O)NCCC(O)C(=O)O)c1nccs1. The maximum atomic E-state index is 11.6. The van der Waals surface area contributed by atoms with E-state index in [0.29, 0.717) is 0 Å². The molecule has 1 heterocycles. The van der Waals surface area contributed by atoms with Crippen LogP contribution in [0.15, 0.2) is 11.6 Å². The van der Waals surface area contributed by atoms with Crippen molar-refractivity contribution in [3.8, 4) is 0 Å². The summed E-state index contributed by atoms with van der Waals surface area (Å²) in [5.74, 6) is -1.30. The molecule has 0 bridgehead atoms. The average Bonchev–Trinajstić information content (AvgIpc) is 2.81. The minimum absolute atomic E-state index is 0.0412. The van der Waals surface area contributed by atoms with E-state index in [0.717, 1.165) is 5.01 Å². The fraction of sp³-hybridized carbons (Fsp3) is 0.545. The Morgan fingerprint density at radius 2 is 2.21 bits per heavy atom. The number of amides is 2. The van der Waals surface area contributed by atoms with Gasteiger partial charge < -0.3 is 20.8 Å². The highest BCUT2D eigenvalue weighted by Gasteiger charge is 2.25. The first-order valence-corrected chi connectivity index (χ1v) is 6.58. The fourth-order valence-electron chi connectivity index (χ4n) is 1.36. The topological polar surface area (TPSA) is 112 Å². The molecule has 0 saturated carbocycles. The quantitative estimate of drug-likeness (QED) is 0.609. The van der Waals surface area contributed by atoms with Gasteiger partial charge in [-0.25, -0.2) is 14.6 Å². The maximum Gasteiger partial charge on any atom is 0.332 e. The van der Waals surface area contributed by atoms with Crippen LogP contribution in [0.4, 0.5) is 4.79 Å². The molecule has 8 heteroatoms. The fourth-order valence-corrected chi connectivity index (χ4v) is 2.08. The van der Waals surface area contributed by atoms with Gasteiger partial charge in [0.15, 0.2) is 6.10 Å². The van der Waals surface area contributed by atoms with Gasteiger partial charge in [0.1, 0.15) is 5.01 Å². The van der Waals surface area contributed by atoms with E-state index in [-0.39, 0.29) is 13.0 Å². The normalized spacial score (nSPS) is 12.8. The molecular weight excluding hydrogens is 270 g/mol. The summed E-state index contributed by atoms with van der Waals surface area (Å²) in [4.78, 5) is 26.1. The minimum Gasteiger partial charge on any atom is -0.479 e. The van der Waals surface area contributed by atoms with Crippen molar-refractivity contribution in [2.45, 2.75) is 31.9 Å². The third-order valence-corrected chi connectivity index (χ3v) is 3.48. The molecule has 0 spiro atoms. The Balaban J connectivity index is 2.37. The number of aromatic nitrogens is 1. The number of aliphatic hydroxyl groups excluding tert-OH is 1. The molecule has 0 saturated heterocycles. The molecule has 0 aliphatic heterocycles. The van der Waals surface area contributed by atoms with Gasteiger partial charge in [0, 0.05) is 24.5 Å². The van der Waals surface area contributed by atoms with Gasteiger partial charge in [-0.05, 0) is 13.8 Å². The van der Waals surface area contributed by atoms with Gasteiger partial charge in [-0.15, -0.1) is 11.3 Å². The molecule has 0 fully saturated rings. The predicted octanol–water partition coefficient (Wildman–Crippen LogP) is 0.513. The van der Waals surface area contributed by atoms with E-state index in [1.165, 1.54) is 11.3 Å². The number of carboxylic acid groups (broad SMARTS) is 1. The molecule has 19 heavy (non-hydrogen) atoms. The first-order valence-electron chi connectivity index (χ1n) is 5.70. The summed E-state index contributed by atoms with van der Waals surface area (Å²) in [6.45, 7) is 3.71. The number of urea groups is 1. The van der Waals surface area contributed by atoms with Crippen LogP contribution >= 0.6 is 11.3 Å². The Hall–Kier alpha value is -1.67. The van der Waals surface area contributed by atoms with Gasteiger partial charge in [-0.2, -0.15) is 0 Å². The molecule has 0 radical (unpaired) electrons. The average molecular weight is 287 g/mol. The molecular formula is C11H17N3O4S. The lowest BCUT2D eigenvalue weighted by Crippen LogP contribution is -2.47. The monoisotopic (exact) mass is 287 g/mol. The number of carbonyl (C=O) groups is 2. The third-order valence-electron chi connectivity index (χ3n) is 2.38. The lowest BCUT2D eigenvalue weighted by molar-refractivity contribution is -0.146. The Morgan fingerprint density at radius 3 is 2.74 bits per heavy atom. The second-order valence-electron chi connectivity index (χ2n) is 4.49. The van der Waals surface area contributed by atoms with Crippen molar-refractivity contribution in [2.75, 3.05) is 6.54 Å². The van der Waals surface area contributed by atoms with Crippen molar-refractivity contribution >= 4 is 23.3 Å². The van der Waals surface area contributed by atoms with Gasteiger partial charge in [0.25, 0.3) is 0 Å². The molecule has 1 rings (SSSR count). The Bertz CT molecular complexity index is 433. The van der Waals surface area contributed by atoms with Crippen LogP contribution < -0.4 is 10.6 Å². The van der Waals surface area contributed by atoms with Crippen LogP contribution in [0.3, 0.4) is 0 Å². The number of thiazole rings is 1. The van der Waals surface area contributed by atoms with Crippen molar-refractivity contribution in [3.05, 3.63) is 16.6 Å². The van der Waals surface area contributed by atoms with E-state index in [2.05, 4.69) is 15.6 Å². The summed E-state index contributed by atoms with van der Waals surface area (Å²) in [6, 6.07) is -0.433. The van der Waals surface area contributed by atoms with Crippen molar-refractivity contribution in [1.29, 1.82) is 0 Å². The van der Waals surface area contributed by atoms with Crippen LogP contribution in [-0.2, 0) is 10.3 Å². The molecule has 2 amide bonds. The van der Waals surface area contributed by atoms with E-state index in [4.69, 9.17) is 10.2 Å². The molecule has 1 atom stereocenters. The van der Waals surface area contributed by atoms with E-state index >= 15 is 0 Å². The number of hydrogen-bond donors (Lipinski definition) is 4. The smallest absolute Gasteiger partial charge is 0.332 e. The summed E-state index contributed by atoms with van der Waals surface area (Å²) >= 11 is 1.43. The maximum absolute atomic E-state index is 11.6. The standard InChI is InChI=1S/C11H17N3O4S/c1-11(2,9-12-5-6-19-9)14-10(18)13-4-3-7(15)8(16)17/h5-7,15H,3-4H2,1-2H3,(H,16,17)(H2,13,14,18). The number of carboxylic acids is 1. The Kier molecular flexibility index (Phi) is 5.25. The van der Waals surface area contributed by atoms with E-state index in [1.807, 2.05) is 19.2 Å². The first kappa shape index (κ1) is 15.4. The number of aliphatic carboxylic acids is 1. The predicted molar refractivity (Wildman–Crippen MR) is 69.9 cm³/mol. The van der Waals surface area contributed by atoms with Gasteiger partial charge in [0.05, 0.1) is 5.54 Å². The summed E-state index contributed by atoms with van der Waals surface area (Å²) in [6.07, 6.45) is 0.151. The van der Waals surface area contributed by atoms with E-state index < -0.39 is 23.6 Å². The van der Waals surface area contributed by atoms with Crippen molar-refractivity contribution in [3.63, 3.8) is 0 Å². The number of aliphatic hydroxyl groups is 1. The van der Waals surface area contributed by atoms with Crippen LogP contribution in [-0.4, -0.2) is 39.8 Å². The van der Waals surface area contributed by atoms with Crippen LogP contribution in [0.2, 0.25) is 0 Å². The highest BCUT2D eigenvalue weighted by atomic mass is 32.1. The Morgan fingerprint density at radius 1 is 1.53 bits per heavy atom. The molecule has 1 aromatic heterocycles. The molecule has 0 aliphatic rings. The van der Waals surface area contributed by atoms with Crippen LogP contribution in [0.25, 0.3) is 0 Å². The van der Waals surface area contributed by atoms with Crippen molar-refractivity contribution in [1.82, 2.24) is 15.6 Å². The van der Waals surface area contributed by atoms with E-state index in [1.54, 1.807) is 6.20 Å². The van der Waals surface area contributed by atoms with Gasteiger partial charge in [-0.3, -0.25) is 0 Å². The Labute approximate surface area is 114 Å². The minimum atomic E-state index is -1.47. The molecule has 1 aromatic rings.